The van der Waals surface area contributed by atoms with Gasteiger partial charge >= 0.3 is 0 Å². The number of anilines is 1. The van der Waals surface area contributed by atoms with Crippen LogP contribution in [-0.4, -0.2) is 5.91 Å². The van der Waals surface area contributed by atoms with Crippen LogP contribution in [0.25, 0.3) is 0 Å². The molecule has 0 aliphatic carbocycles. The van der Waals surface area contributed by atoms with Gasteiger partial charge in [-0.2, -0.15) is 0 Å². The number of hydrogen-bond donors (Lipinski definition) is 1. The van der Waals surface area contributed by atoms with Crippen molar-refractivity contribution in [2.75, 3.05) is 5.32 Å². The molecule has 1 aromatic rings. The van der Waals surface area contributed by atoms with E-state index < -0.39 is 0 Å². The maximum absolute atomic E-state index is 11.6. The van der Waals surface area contributed by atoms with E-state index in [1.807, 2.05) is 36.4 Å². The summed E-state index contributed by atoms with van der Waals surface area (Å²) in [6.45, 7) is 4.21. The molecule has 0 aliphatic rings. The number of hydrogen-bond acceptors (Lipinski definition) is 1. The Morgan fingerprint density at radius 3 is 2.62 bits per heavy atom. The molecule has 0 atom stereocenters. The van der Waals surface area contributed by atoms with Crippen molar-refractivity contribution in [3.05, 3.63) is 42.0 Å². The second-order valence-electron chi connectivity index (χ2n) is 3.92. The molecule has 16 heavy (non-hydrogen) atoms. The number of benzene rings is 1. The largest absolute Gasteiger partial charge is 0.326 e. The molecule has 1 N–H and O–H groups in total. The van der Waals surface area contributed by atoms with E-state index in [1.54, 1.807) is 0 Å². The predicted molar refractivity (Wildman–Crippen MR) is 68.4 cm³/mol. The first kappa shape index (κ1) is 12.5. The highest BCUT2D eigenvalue weighted by atomic mass is 16.1. The number of nitrogens with one attached hydrogen (secondary N) is 1. The molecule has 0 saturated carbocycles. The van der Waals surface area contributed by atoms with E-state index in [0.29, 0.717) is 6.42 Å². The minimum absolute atomic E-state index is 0.0432. The van der Waals surface area contributed by atoms with Crippen LogP contribution in [0.5, 0.6) is 0 Å². The minimum atomic E-state index is 0.0432. The Morgan fingerprint density at radius 2 is 2.00 bits per heavy atom. The summed E-state index contributed by atoms with van der Waals surface area (Å²) in [5.74, 6) is 0.0432. The third kappa shape index (κ3) is 4.78. The summed E-state index contributed by atoms with van der Waals surface area (Å²) in [7, 11) is 0. The van der Waals surface area contributed by atoms with Crippen molar-refractivity contribution in [1.82, 2.24) is 0 Å². The van der Waals surface area contributed by atoms with Gasteiger partial charge in [0.25, 0.3) is 0 Å². The third-order valence-electron chi connectivity index (χ3n) is 2.34. The molecule has 2 nitrogen and oxygen atoms in total. The molecule has 0 heterocycles. The zero-order chi connectivity index (χ0) is 11.8. The molecule has 0 aliphatic heterocycles. The zero-order valence-electron chi connectivity index (χ0n) is 9.99. The number of para-hydroxylation sites is 1. The van der Waals surface area contributed by atoms with Crippen LogP contribution >= 0.6 is 0 Å². The maximum Gasteiger partial charge on any atom is 0.228 e. The Bertz CT molecular complexity index is 354. The van der Waals surface area contributed by atoms with Gasteiger partial charge in [-0.05, 0) is 25.5 Å². The van der Waals surface area contributed by atoms with Crippen LogP contribution in [0.2, 0.25) is 0 Å². The molecule has 0 radical (unpaired) electrons. The maximum atomic E-state index is 11.6. The van der Waals surface area contributed by atoms with E-state index in [4.69, 9.17) is 0 Å². The topological polar surface area (TPSA) is 29.1 Å². The van der Waals surface area contributed by atoms with Gasteiger partial charge in [0.1, 0.15) is 0 Å². The van der Waals surface area contributed by atoms with Crippen LogP contribution < -0.4 is 5.32 Å². The second-order valence-corrected chi connectivity index (χ2v) is 3.92. The summed E-state index contributed by atoms with van der Waals surface area (Å²) in [4.78, 5) is 11.6. The van der Waals surface area contributed by atoms with Gasteiger partial charge in [-0.3, -0.25) is 4.79 Å². The standard InChI is InChI=1S/C14H19NO/c1-3-7-12(2)10-11-14(16)15-13-8-5-4-6-9-13/h4-6,8-10H,3,7,11H2,1-2H3,(H,15,16)/b12-10+. The molecule has 0 spiro atoms. The van der Waals surface area contributed by atoms with Crippen LogP contribution in [0.4, 0.5) is 5.69 Å². The average molecular weight is 217 g/mol. The van der Waals surface area contributed by atoms with Gasteiger partial charge in [-0.1, -0.05) is 43.2 Å². The lowest BCUT2D eigenvalue weighted by molar-refractivity contribution is -0.115. The van der Waals surface area contributed by atoms with Crippen LogP contribution in [-0.2, 0) is 4.79 Å². The second kappa shape index (κ2) is 6.83. The Kier molecular flexibility index (Phi) is 5.34. The van der Waals surface area contributed by atoms with Crippen LogP contribution in [0.3, 0.4) is 0 Å². The summed E-state index contributed by atoms with van der Waals surface area (Å²) in [5.41, 5.74) is 2.14. The van der Waals surface area contributed by atoms with Crippen molar-refractivity contribution in [1.29, 1.82) is 0 Å². The first-order chi connectivity index (χ1) is 7.72. The fourth-order valence-electron chi connectivity index (χ4n) is 1.50. The molecule has 0 aromatic heterocycles. The van der Waals surface area contributed by atoms with Crippen molar-refractivity contribution >= 4 is 11.6 Å². The van der Waals surface area contributed by atoms with Gasteiger partial charge in [0, 0.05) is 12.1 Å². The summed E-state index contributed by atoms with van der Waals surface area (Å²) >= 11 is 0. The molecular weight excluding hydrogens is 198 g/mol. The quantitative estimate of drug-likeness (QED) is 0.747. The number of carbonyl (C=O) groups is 1. The van der Waals surface area contributed by atoms with Gasteiger partial charge in [-0.25, -0.2) is 0 Å². The Balaban J connectivity index is 2.40. The highest BCUT2D eigenvalue weighted by Gasteiger charge is 1.99. The Morgan fingerprint density at radius 1 is 1.31 bits per heavy atom. The number of rotatable bonds is 5. The van der Waals surface area contributed by atoms with E-state index in [2.05, 4.69) is 19.2 Å². The van der Waals surface area contributed by atoms with E-state index >= 15 is 0 Å². The fourth-order valence-corrected chi connectivity index (χ4v) is 1.50. The van der Waals surface area contributed by atoms with Crippen molar-refractivity contribution < 1.29 is 4.79 Å². The third-order valence-corrected chi connectivity index (χ3v) is 2.34. The molecule has 86 valence electrons. The van der Waals surface area contributed by atoms with Crippen molar-refractivity contribution in [3.63, 3.8) is 0 Å². The summed E-state index contributed by atoms with van der Waals surface area (Å²) < 4.78 is 0. The predicted octanol–water partition coefficient (Wildman–Crippen LogP) is 3.76. The minimum Gasteiger partial charge on any atom is -0.326 e. The molecule has 1 aromatic carbocycles. The molecular formula is C14H19NO. The van der Waals surface area contributed by atoms with Crippen molar-refractivity contribution in [2.24, 2.45) is 0 Å². The highest BCUT2D eigenvalue weighted by molar-refractivity contribution is 5.91. The first-order valence-corrected chi connectivity index (χ1v) is 5.73. The summed E-state index contributed by atoms with van der Waals surface area (Å²) in [6.07, 6.45) is 4.66. The normalized spacial score (nSPS) is 11.2. The molecule has 0 saturated heterocycles. The van der Waals surface area contributed by atoms with Gasteiger partial charge in [0.2, 0.25) is 5.91 Å². The summed E-state index contributed by atoms with van der Waals surface area (Å²) in [5, 5.41) is 2.86. The Hall–Kier alpha value is -1.57. The van der Waals surface area contributed by atoms with E-state index in [9.17, 15) is 4.79 Å². The lowest BCUT2D eigenvalue weighted by Crippen LogP contribution is -2.09. The Labute approximate surface area is 97.4 Å². The summed E-state index contributed by atoms with van der Waals surface area (Å²) in [6, 6.07) is 9.53. The lowest BCUT2D eigenvalue weighted by Gasteiger charge is -2.03. The first-order valence-electron chi connectivity index (χ1n) is 5.73. The average Bonchev–Trinajstić information content (AvgIpc) is 2.28. The van der Waals surface area contributed by atoms with Crippen molar-refractivity contribution in [2.45, 2.75) is 33.1 Å². The lowest BCUT2D eigenvalue weighted by atomic mass is 10.1. The van der Waals surface area contributed by atoms with Crippen LogP contribution in [0.1, 0.15) is 33.1 Å². The number of amides is 1. The fraction of sp³-hybridized carbons (Fsp3) is 0.357. The molecule has 0 unspecified atom stereocenters. The highest BCUT2D eigenvalue weighted by Crippen LogP contribution is 2.07. The van der Waals surface area contributed by atoms with Gasteiger partial charge < -0.3 is 5.32 Å². The van der Waals surface area contributed by atoms with Gasteiger partial charge in [0.05, 0.1) is 0 Å². The number of carbonyl (C=O) groups excluding carboxylic acids is 1. The SMILES string of the molecule is CCC/C(C)=C/CC(=O)Nc1ccccc1. The smallest absolute Gasteiger partial charge is 0.228 e. The van der Waals surface area contributed by atoms with Gasteiger partial charge in [0.15, 0.2) is 0 Å². The molecule has 1 rings (SSSR count). The van der Waals surface area contributed by atoms with Crippen molar-refractivity contribution in [3.8, 4) is 0 Å². The monoisotopic (exact) mass is 217 g/mol. The molecule has 0 bridgehead atoms. The number of allylic oxidation sites excluding steroid dienone is 1. The molecule has 2 heteroatoms. The van der Waals surface area contributed by atoms with Crippen LogP contribution in [0.15, 0.2) is 42.0 Å². The van der Waals surface area contributed by atoms with E-state index in [-0.39, 0.29) is 5.91 Å². The molecule has 0 fully saturated rings. The van der Waals surface area contributed by atoms with Gasteiger partial charge in [-0.15, -0.1) is 0 Å². The van der Waals surface area contributed by atoms with E-state index in [1.165, 1.54) is 5.57 Å². The van der Waals surface area contributed by atoms with Crippen LogP contribution in [0, 0.1) is 0 Å². The zero-order valence-corrected chi connectivity index (χ0v) is 9.99. The van der Waals surface area contributed by atoms with E-state index in [0.717, 1.165) is 18.5 Å². The molecule has 1 amide bonds.